The average molecular weight is 425 g/mol. The van der Waals surface area contributed by atoms with E-state index in [2.05, 4.69) is 0 Å². The number of halogens is 3. The van der Waals surface area contributed by atoms with Crippen LogP contribution in [0.4, 0.5) is 13.2 Å². The Labute approximate surface area is 169 Å². The van der Waals surface area contributed by atoms with E-state index in [-0.39, 0.29) is 24.4 Å². The first-order chi connectivity index (χ1) is 13.6. The second kappa shape index (κ2) is 7.79. The van der Waals surface area contributed by atoms with Gasteiger partial charge >= 0.3 is 11.9 Å². The van der Waals surface area contributed by atoms with Crippen molar-refractivity contribution in [2.45, 2.75) is 39.5 Å². The Morgan fingerprint density at radius 2 is 1.83 bits per heavy atom. The second-order valence-electron chi connectivity index (χ2n) is 7.37. The number of alkyl halides is 3. The van der Waals surface area contributed by atoms with Gasteiger partial charge in [-0.05, 0) is 23.1 Å². The van der Waals surface area contributed by atoms with Gasteiger partial charge in [-0.2, -0.15) is 13.2 Å². The summed E-state index contributed by atoms with van der Waals surface area (Å²) in [5.41, 5.74) is 4.87. The summed E-state index contributed by atoms with van der Waals surface area (Å²) in [5, 5.41) is 0.319. The first kappa shape index (κ1) is 21.3. The molecule has 0 bridgehead atoms. The van der Waals surface area contributed by atoms with E-state index in [0.717, 1.165) is 10.6 Å². The zero-order valence-electron chi connectivity index (χ0n) is 16.3. The average Bonchev–Trinajstić information content (AvgIpc) is 3.01. The maximum absolute atomic E-state index is 13.4. The van der Waals surface area contributed by atoms with Gasteiger partial charge in [0.25, 0.3) is 5.56 Å². The van der Waals surface area contributed by atoms with Crippen molar-refractivity contribution in [3.63, 3.8) is 0 Å². The van der Waals surface area contributed by atoms with Crippen LogP contribution in [-0.4, -0.2) is 9.13 Å². The summed E-state index contributed by atoms with van der Waals surface area (Å²) < 4.78 is 42.7. The molecule has 3 rings (SSSR count). The van der Waals surface area contributed by atoms with Crippen molar-refractivity contribution in [2.24, 2.45) is 18.7 Å². The van der Waals surface area contributed by atoms with Gasteiger partial charge in [0.15, 0.2) is 0 Å². The van der Waals surface area contributed by atoms with E-state index in [1.54, 1.807) is 6.07 Å². The first-order valence-corrected chi connectivity index (χ1v) is 9.97. The number of hydrogen-bond acceptors (Lipinski definition) is 4. The quantitative estimate of drug-likeness (QED) is 0.680. The lowest BCUT2D eigenvalue weighted by Gasteiger charge is -2.12. The Kier molecular flexibility index (Phi) is 5.73. The van der Waals surface area contributed by atoms with Gasteiger partial charge in [0.05, 0.1) is 10.9 Å². The van der Waals surface area contributed by atoms with Crippen molar-refractivity contribution >= 4 is 21.6 Å². The van der Waals surface area contributed by atoms with Crippen molar-refractivity contribution in [1.82, 2.24) is 9.13 Å². The molecule has 156 valence electrons. The maximum atomic E-state index is 13.4. The van der Waals surface area contributed by atoms with Crippen LogP contribution in [0.2, 0.25) is 0 Å². The van der Waals surface area contributed by atoms with Crippen molar-refractivity contribution in [3.05, 3.63) is 66.7 Å². The molecular weight excluding hydrogens is 403 g/mol. The highest BCUT2D eigenvalue weighted by molar-refractivity contribution is 7.18. The number of fused-ring (bicyclic) bond motifs is 1. The van der Waals surface area contributed by atoms with Crippen LogP contribution in [-0.2, 0) is 32.7 Å². The Morgan fingerprint density at radius 3 is 2.41 bits per heavy atom. The summed E-state index contributed by atoms with van der Waals surface area (Å²) in [6.45, 7) is 4.29. The van der Waals surface area contributed by atoms with Crippen LogP contribution < -0.4 is 17.0 Å². The second-order valence-corrected chi connectivity index (χ2v) is 8.45. The predicted molar refractivity (Wildman–Crippen MR) is 108 cm³/mol. The standard InChI is InChI=1S/C20H22F3N3O2S/c1-11(2)10-26-18-16(17(27)25(3)19(26)28)13(9-24)15(29-18)8-12-6-4-5-7-14(12)20(21,22)23/h4-7,11H,8-10,24H2,1-3H3. The van der Waals surface area contributed by atoms with Gasteiger partial charge in [0.2, 0.25) is 0 Å². The summed E-state index contributed by atoms with van der Waals surface area (Å²) >= 11 is 1.17. The third-order valence-electron chi connectivity index (χ3n) is 4.78. The van der Waals surface area contributed by atoms with Gasteiger partial charge < -0.3 is 5.73 Å². The molecule has 5 nitrogen and oxygen atoms in total. The van der Waals surface area contributed by atoms with E-state index in [1.165, 1.54) is 35.1 Å². The van der Waals surface area contributed by atoms with Crippen LogP contribution in [0.1, 0.15) is 35.4 Å². The highest BCUT2D eigenvalue weighted by Crippen LogP contribution is 2.36. The molecule has 0 unspecified atom stereocenters. The number of thiophene rings is 1. The molecule has 9 heteroatoms. The molecule has 2 heterocycles. The monoisotopic (exact) mass is 425 g/mol. The van der Waals surface area contributed by atoms with Crippen LogP contribution in [0.25, 0.3) is 10.2 Å². The van der Waals surface area contributed by atoms with Gasteiger partial charge in [0, 0.05) is 31.4 Å². The number of aromatic nitrogens is 2. The van der Waals surface area contributed by atoms with E-state index < -0.39 is 23.0 Å². The van der Waals surface area contributed by atoms with E-state index in [0.29, 0.717) is 27.2 Å². The Bertz CT molecular complexity index is 1170. The molecule has 1 aromatic carbocycles. The minimum Gasteiger partial charge on any atom is -0.326 e. The molecule has 0 amide bonds. The van der Waals surface area contributed by atoms with Crippen molar-refractivity contribution in [1.29, 1.82) is 0 Å². The molecule has 0 radical (unpaired) electrons. The molecule has 0 atom stereocenters. The molecule has 0 aliphatic carbocycles. The lowest BCUT2D eigenvalue weighted by molar-refractivity contribution is -0.138. The fourth-order valence-electron chi connectivity index (χ4n) is 3.44. The molecule has 0 aliphatic heterocycles. The summed E-state index contributed by atoms with van der Waals surface area (Å²) in [4.78, 5) is 26.5. The van der Waals surface area contributed by atoms with E-state index in [4.69, 9.17) is 5.73 Å². The van der Waals surface area contributed by atoms with Gasteiger partial charge in [-0.1, -0.05) is 32.0 Å². The summed E-state index contributed by atoms with van der Waals surface area (Å²) in [6.07, 6.45) is -4.49. The lowest BCUT2D eigenvalue weighted by Crippen LogP contribution is -2.38. The summed E-state index contributed by atoms with van der Waals surface area (Å²) in [5.74, 6) is 0.145. The summed E-state index contributed by atoms with van der Waals surface area (Å²) in [6, 6.07) is 5.36. The van der Waals surface area contributed by atoms with Crippen LogP contribution >= 0.6 is 11.3 Å². The molecule has 2 aromatic heterocycles. The molecule has 0 aliphatic rings. The van der Waals surface area contributed by atoms with Gasteiger partial charge in [-0.25, -0.2) is 4.79 Å². The number of nitrogens with zero attached hydrogens (tertiary/aromatic N) is 2. The number of rotatable bonds is 5. The van der Waals surface area contributed by atoms with E-state index in [1.807, 2.05) is 13.8 Å². The Hall–Kier alpha value is -2.39. The molecule has 3 aromatic rings. The fourth-order valence-corrected chi connectivity index (χ4v) is 4.78. The number of nitrogens with two attached hydrogens (primary N) is 1. The molecule has 29 heavy (non-hydrogen) atoms. The Balaban J connectivity index is 2.28. The van der Waals surface area contributed by atoms with Crippen LogP contribution in [0.3, 0.4) is 0 Å². The largest absolute Gasteiger partial charge is 0.416 e. The predicted octanol–water partition coefficient (Wildman–Crippen LogP) is 3.49. The smallest absolute Gasteiger partial charge is 0.326 e. The highest BCUT2D eigenvalue weighted by Gasteiger charge is 2.33. The van der Waals surface area contributed by atoms with Crippen LogP contribution in [0.15, 0.2) is 33.9 Å². The van der Waals surface area contributed by atoms with E-state index in [9.17, 15) is 22.8 Å². The number of hydrogen-bond donors (Lipinski definition) is 1. The molecular formula is C20H22F3N3O2S. The molecule has 0 saturated carbocycles. The molecule has 0 saturated heterocycles. The first-order valence-electron chi connectivity index (χ1n) is 9.15. The topological polar surface area (TPSA) is 70.0 Å². The van der Waals surface area contributed by atoms with Crippen LogP contribution in [0.5, 0.6) is 0 Å². The van der Waals surface area contributed by atoms with Crippen molar-refractivity contribution < 1.29 is 13.2 Å². The molecule has 0 fully saturated rings. The van der Waals surface area contributed by atoms with Gasteiger partial charge in [-0.3, -0.25) is 13.9 Å². The summed E-state index contributed by atoms with van der Waals surface area (Å²) in [7, 11) is 1.40. The zero-order valence-corrected chi connectivity index (χ0v) is 17.2. The Morgan fingerprint density at radius 1 is 1.17 bits per heavy atom. The maximum Gasteiger partial charge on any atom is 0.416 e. The van der Waals surface area contributed by atoms with Crippen molar-refractivity contribution in [3.8, 4) is 0 Å². The molecule has 2 N–H and O–H groups in total. The highest BCUT2D eigenvalue weighted by atomic mass is 32.1. The third kappa shape index (κ3) is 3.89. The lowest BCUT2D eigenvalue weighted by atomic mass is 10.0. The fraction of sp³-hybridized carbons (Fsp3) is 0.400. The van der Waals surface area contributed by atoms with Gasteiger partial charge in [-0.15, -0.1) is 11.3 Å². The van der Waals surface area contributed by atoms with Crippen LogP contribution in [0, 0.1) is 5.92 Å². The SMILES string of the molecule is CC(C)Cn1c(=O)n(C)c(=O)c2c(CN)c(Cc3ccccc3C(F)(F)F)sc21. The molecule has 0 spiro atoms. The van der Waals surface area contributed by atoms with Gasteiger partial charge in [0.1, 0.15) is 4.83 Å². The van der Waals surface area contributed by atoms with E-state index >= 15 is 0 Å². The normalized spacial score (nSPS) is 12.3. The number of benzene rings is 1. The third-order valence-corrected chi connectivity index (χ3v) is 6.03. The minimum atomic E-state index is -4.48. The minimum absolute atomic E-state index is 0.00135. The zero-order chi connectivity index (χ0) is 21.5. The van der Waals surface area contributed by atoms with Crippen molar-refractivity contribution in [2.75, 3.05) is 0 Å².